The second kappa shape index (κ2) is 12.9. The van der Waals surface area contributed by atoms with E-state index in [0.29, 0.717) is 23.6 Å². The molecule has 0 bridgehead atoms. The van der Waals surface area contributed by atoms with Crippen LogP contribution in [0, 0.1) is 6.92 Å². The Bertz CT molecular complexity index is 1470. The summed E-state index contributed by atoms with van der Waals surface area (Å²) in [7, 11) is 3.61. The number of anilines is 4. The average molecular weight is 601 g/mol. The lowest BCUT2D eigenvalue weighted by Gasteiger charge is -2.33. The van der Waals surface area contributed by atoms with Gasteiger partial charge in [0.15, 0.2) is 5.82 Å². The Balaban J connectivity index is 1.63. The van der Waals surface area contributed by atoms with Gasteiger partial charge >= 0.3 is 0 Å². The zero-order valence-electron chi connectivity index (χ0n) is 24.9. The molecule has 0 atom stereocenters. The number of ether oxygens (including phenoxy) is 1. The fraction of sp³-hybridized carbons (Fsp3) is 0.467. The smallest absolute Gasteiger partial charge is 0.244 e. The second-order valence-corrected chi connectivity index (χ2v) is 13.8. The molecule has 222 valence electrons. The number of benzene rings is 2. The zero-order chi connectivity index (χ0) is 29.9. The van der Waals surface area contributed by atoms with Crippen LogP contribution in [0.5, 0.6) is 5.75 Å². The predicted octanol–water partition coefficient (Wildman–Crippen LogP) is 6.55. The summed E-state index contributed by atoms with van der Waals surface area (Å²) in [6.45, 7) is 6.15. The number of para-hydroxylation sites is 1. The quantitative estimate of drug-likeness (QED) is 0.270. The van der Waals surface area contributed by atoms with E-state index in [1.165, 1.54) is 44.3 Å². The minimum atomic E-state index is -3.69. The topological polar surface area (TPSA) is 99.7 Å². The number of nitrogens with one attached hydrogen (secondary N) is 2. The lowest BCUT2D eigenvalue weighted by molar-refractivity contribution is 0.215. The molecule has 0 spiro atoms. The highest BCUT2D eigenvalue weighted by atomic mass is 35.5. The van der Waals surface area contributed by atoms with Crippen LogP contribution in [0.3, 0.4) is 0 Å². The van der Waals surface area contributed by atoms with Crippen LogP contribution in [0.15, 0.2) is 47.5 Å². The Morgan fingerprint density at radius 1 is 1.00 bits per heavy atom. The Kier molecular flexibility index (Phi) is 9.79. The first-order valence-corrected chi connectivity index (χ1v) is 15.7. The van der Waals surface area contributed by atoms with E-state index in [-0.39, 0.29) is 21.8 Å². The third-order valence-corrected chi connectivity index (χ3v) is 9.64. The van der Waals surface area contributed by atoms with Crippen LogP contribution in [-0.4, -0.2) is 67.9 Å². The van der Waals surface area contributed by atoms with Gasteiger partial charge < -0.3 is 20.3 Å². The van der Waals surface area contributed by atoms with Gasteiger partial charge in [-0.1, -0.05) is 23.7 Å². The van der Waals surface area contributed by atoms with Gasteiger partial charge in [0, 0.05) is 20.1 Å². The number of hydrogen-bond acceptors (Lipinski definition) is 8. The Morgan fingerprint density at radius 3 is 2.32 bits per heavy atom. The lowest BCUT2D eigenvalue weighted by Crippen LogP contribution is -2.31. The van der Waals surface area contributed by atoms with Crippen molar-refractivity contribution in [3.63, 3.8) is 0 Å². The van der Waals surface area contributed by atoms with Gasteiger partial charge in [0.1, 0.15) is 15.7 Å². The number of rotatable bonds is 10. The van der Waals surface area contributed by atoms with Crippen LogP contribution in [0.25, 0.3) is 0 Å². The first kappa shape index (κ1) is 31.0. The molecule has 3 aromatic rings. The average Bonchev–Trinajstić information content (AvgIpc) is 2.92. The molecule has 0 amide bonds. The highest BCUT2D eigenvalue weighted by Gasteiger charge is 2.26. The van der Waals surface area contributed by atoms with Gasteiger partial charge in [-0.15, -0.1) is 0 Å². The summed E-state index contributed by atoms with van der Waals surface area (Å²) in [6.07, 6.45) is 6.13. The van der Waals surface area contributed by atoms with Crippen molar-refractivity contribution in [2.24, 2.45) is 0 Å². The van der Waals surface area contributed by atoms with Gasteiger partial charge in [-0.2, -0.15) is 4.98 Å². The number of aromatic nitrogens is 2. The molecule has 9 nitrogen and oxygen atoms in total. The minimum Gasteiger partial charge on any atom is -0.489 e. The molecule has 4 rings (SSSR count). The largest absolute Gasteiger partial charge is 0.489 e. The third-order valence-electron chi connectivity index (χ3n) is 7.49. The monoisotopic (exact) mass is 600 g/mol. The van der Waals surface area contributed by atoms with Crippen LogP contribution < -0.4 is 15.4 Å². The first-order chi connectivity index (χ1) is 19.4. The molecule has 2 N–H and O–H groups in total. The summed E-state index contributed by atoms with van der Waals surface area (Å²) in [5, 5.41) is 6.65. The molecular formula is C30H41ClN6O3S. The van der Waals surface area contributed by atoms with Gasteiger partial charge in [0.2, 0.25) is 16.0 Å². The highest BCUT2D eigenvalue weighted by molar-refractivity contribution is 7.89. The lowest BCUT2D eigenvalue weighted by atomic mass is 9.80. The molecule has 1 fully saturated rings. The number of nitrogens with zero attached hydrogens (tertiary/aromatic N) is 4. The highest BCUT2D eigenvalue weighted by Crippen LogP contribution is 2.40. The van der Waals surface area contributed by atoms with E-state index in [9.17, 15) is 8.42 Å². The maximum atomic E-state index is 12.9. The molecule has 1 aromatic heterocycles. The van der Waals surface area contributed by atoms with Crippen molar-refractivity contribution in [1.82, 2.24) is 19.2 Å². The predicted molar refractivity (Wildman–Crippen MR) is 167 cm³/mol. The van der Waals surface area contributed by atoms with Crippen molar-refractivity contribution in [1.29, 1.82) is 0 Å². The van der Waals surface area contributed by atoms with E-state index < -0.39 is 10.0 Å². The van der Waals surface area contributed by atoms with E-state index >= 15 is 0 Å². The minimum absolute atomic E-state index is 0.0194. The molecule has 0 aliphatic heterocycles. The summed E-state index contributed by atoms with van der Waals surface area (Å²) >= 11 is 6.44. The molecular weight excluding hydrogens is 560 g/mol. The van der Waals surface area contributed by atoms with Crippen LogP contribution in [0.4, 0.5) is 23.1 Å². The van der Waals surface area contributed by atoms with Crippen molar-refractivity contribution in [3.05, 3.63) is 58.7 Å². The molecule has 1 heterocycles. The maximum absolute atomic E-state index is 12.9. The van der Waals surface area contributed by atoms with E-state index in [4.69, 9.17) is 16.3 Å². The molecule has 0 unspecified atom stereocenters. The van der Waals surface area contributed by atoms with E-state index in [1.807, 2.05) is 13.8 Å². The number of hydrogen-bond donors (Lipinski definition) is 2. The SMILES string of the molecule is Cc1cc(Nc2ncc(Cl)c(Nc3ccccc3S(=O)(=O)N(C)C)n2)c(OC(C)C)cc1C1CCC(N(C)C)CC1. The molecule has 1 aliphatic rings. The molecule has 41 heavy (non-hydrogen) atoms. The molecule has 0 radical (unpaired) electrons. The zero-order valence-corrected chi connectivity index (χ0v) is 26.5. The van der Waals surface area contributed by atoms with Crippen LogP contribution in [0.2, 0.25) is 5.02 Å². The van der Waals surface area contributed by atoms with E-state index in [0.717, 1.165) is 28.6 Å². The van der Waals surface area contributed by atoms with Gasteiger partial charge in [-0.25, -0.2) is 17.7 Å². The van der Waals surface area contributed by atoms with Gasteiger partial charge in [0.25, 0.3) is 0 Å². The fourth-order valence-electron chi connectivity index (χ4n) is 5.25. The Morgan fingerprint density at radius 2 is 1.68 bits per heavy atom. The second-order valence-electron chi connectivity index (χ2n) is 11.3. The number of sulfonamides is 1. The van der Waals surface area contributed by atoms with Crippen LogP contribution >= 0.6 is 11.6 Å². The standard InChI is InChI=1S/C30H41ClN6O3S/c1-19(2)40-27-17-23(21-12-14-22(15-13-21)36(4)5)20(3)16-26(27)34-30-32-18-24(31)29(35-30)33-25-10-8-9-11-28(25)41(38,39)37(6)7/h8-11,16-19,21-22H,12-15H2,1-7H3,(H2,32,33,34,35). The van der Waals surface area contributed by atoms with Gasteiger partial charge in [-0.05, 0) is 102 Å². The van der Waals surface area contributed by atoms with Crippen molar-refractivity contribution in [2.45, 2.75) is 69.4 Å². The fourth-order valence-corrected chi connectivity index (χ4v) is 6.43. The van der Waals surface area contributed by atoms with Crippen molar-refractivity contribution in [2.75, 3.05) is 38.8 Å². The summed E-state index contributed by atoms with van der Waals surface area (Å²) in [4.78, 5) is 11.4. The van der Waals surface area contributed by atoms with E-state index in [2.05, 4.69) is 58.7 Å². The van der Waals surface area contributed by atoms with Gasteiger partial charge in [-0.3, -0.25) is 0 Å². The van der Waals surface area contributed by atoms with Crippen LogP contribution in [0.1, 0.15) is 56.6 Å². The molecule has 2 aromatic carbocycles. The molecule has 1 aliphatic carbocycles. The number of halogens is 1. The Labute approximate surface area is 249 Å². The van der Waals surface area contributed by atoms with E-state index in [1.54, 1.807) is 24.3 Å². The summed E-state index contributed by atoms with van der Waals surface area (Å²) in [5.41, 5.74) is 3.63. The first-order valence-electron chi connectivity index (χ1n) is 13.9. The third kappa shape index (κ3) is 7.30. The Hall–Kier alpha value is -2.92. The summed E-state index contributed by atoms with van der Waals surface area (Å²) < 4.78 is 33.2. The van der Waals surface area contributed by atoms with Crippen molar-refractivity contribution >= 4 is 44.8 Å². The van der Waals surface area contributed by atoms with Gasteiger partial charge in [0.05, 0.1) is 23.7 Å². The maximum Gasteiger partial charge on any atom is 0.244 e. The normalized spacial score (nSPS) is 17.7. The van der Waals surface area contributed by atoms with Crippen LogP contribution in [-0.2, 0) is 10.0 Å². The van der Waals surface area contributed by atoms with Crippen molar-refractivity contribution in [3.8, 4) is 5.75 Å². The number of aryl methyl sites for hydroxylation is 1. The summed E-state index contributed by atoms with van der Waals surface area (Å²) in [6, 6.07) is 11.5. The summed E-state index contributed by atoms with van der Waals surface area (Å²) in [5.74, 6) is 1.82. The molecule has 0 saturated heterocycles. The molecule has 1 saturated carbocycles. The van der Waals surface area contributed by atoms with Crippen molar-refractivity contribution < 1.29 is 13.2 Å². The molecule has 11 heteroatoms.